The van der Waals surface area contributed by atoms with Gasteiger partial charge in [0, 0.05) is 35.6 Å². The lowest BCUT2D eigenvalue weighted by Gasteiger charge is -2.33. The molecule has 0 aliphatic carbocycles. The second kappa shape index (κ2) is 6.61. The SMILES string of the molecule is Cc1[nH]c2ccccc2c1C(=O)C(=O)N1CCC(C2OCCO2)CC1. The summed E-state index contributed by atoms with van der Waals surface area (Å²) < 4.78 is 11.1. The van der Waals surface area contributed by atoms with Gasteiger partial charge in [-0.25, -0.2) is 0 Å². The second-order valence-electron chi connectivity index (χ2n) is 6.74. The molecule has 2 aliphatic heterocycles. The third-order valence-corrected chi connectivity index (χ3v) is 5.17. The van der Waals surface area contributed by atoms with Gasteiger partial charge in [-0.3, -0.25) is 9.59 Å². The molecule has 132 valence electrons. The van der Waals surface area contributed by atoms with E-state index in [4.69, 9.17) is 9.47 Å². The van der Waals surface area contributed by atoms with E-state index < -0.39 is 11.7 Å². The number of ether oxygens (including phenoxy) is 2. The fourth-order valence-electron chi connectivity index (χ4n) is 3.84. The maximum absolute atomic E-state index is 12.8. The smallest absolute Gasteiger partial charge is 0.295 e. The van der Waals surface area contributed by atoms with Gasteiger partial charge >= 0.3 is 0 Å². The van der Waals surface area contributed by atoms with Crippen molar-refractivity contribution in [2.24, 2.45) is 5.92 Å². The number of benzene rings is 1. The molecule has 0 spiro atoms. The molecule has 0 atom stereocenters. The fraction of sp³-hybridized carbons (Fsp3) is 0.474. The van der Waals surface area contributed by atoms with Crippen molar-refractivity contribution in [2.45, 2.75) is 26.1 Å². The molecule has 2 aromatic rings. The fourth-order valence-corrected chi connectivity index (χ4v) is 3.84. The molecule has 4 rings (SSSR count). The zero-order valence-electron chi connectivity index (χ0n) is 14.3. The lowest BCUT2D eigenvalue weighted by atomic mass is 9.95. The van der Waals surface area contributed by atoms with Crippen molar-refractivity contribution in [1.29, 1.82) is 0 Å². The van der Waals surface area contributed by atoms with E-state index in [9.17, 15) is 9.59 Å². The number of aryl methyl sites for hydroxylation is 1. The number of hydrogen-bond acceptors (Lipinski definition) is 4. The van der Waals surface area contributed by atoms with Gasteiger partial charge in [0.05, 0.1) is 18.8 Å². The first kappa shape index (κ1) is 16.3. The Bertz CT molecular complexity index is 799. The maximum Gasteiger partial charge on any atom is 0.295 e. The average Bonchev–Trinajstić information content (AvgIpc) is 3.27. The van der Waals surface area contributed by atoms with Gasteiger partial charge in [0.15, 0.2) is 6.29 Å². The molecule has 1 aromatic carbocycles. The first-order chi connectivity index (χ1) is 12.1. The van der Waals surface area contributed by atoms with Crippen molar-refractivity contribution in [3.05, 3.63) is 35.5 Å². The summed E-state index contributed by atoms with van der Waals surface area (Å²) in [5, 5.41) is 0.806. The van der Waals surface area contributed by atoms with Crippen LogP contribution in [0.25, 0.3) is 10.9 Å². The van der Waals surface area contributed by atoms with Gasteiger partial charge in [0.2, 0.25) is 0 Å². The first-order valence-corrected chi connectivity index (χ1v) is 8.79. The predicted octanol–water partition coefficient (Wildman–Crippen LogP) is 2.27. The summed E-state index contributed by atoms with van der Waals surface area (Å²) in [4.78, 5) is 30.4. The zero-order valence-corrected chi connectivity index (χ0v) is 14.3. The Hall–Kier alpha value is -2.18. The number of piperidine rings is 1. The lowest BCUT2D eigenvalue weighted by molar-refractivity contribution is -0.132. The van der Waals surface area contributed by atoms with Crippen LogP contribution in [-0.4, -0.2) is 54.2 Å². The quantitative estimate of drug-likeness (QED) is 0.686. The number of hydrogen-bond donors (Lipinski definition) is 1. The molecule has 0 radical (unpaired) electrons. The van der Waals surface area contributed by atoms with Crippen LogP contribution in [0.2, 0.25) is 0 Å². The van der Waals surface area contributed by atoms with E-state index in [1.807, 2.05) is 31.2 Å². The van der Waals surface area contributed by atoms with Crippen LogP contribution < -0.4 is 0 Å². The highest BCUT2D eigenvalue weighted by Gasteiger charge is 2.34. The highest BCUT2D eigenvalue weighted by atomic mass is 16.7. The highest BCUT2D eigenvalue weighted by Crippen LogP contribution is 2.27. The van der Waals surface area contributed by atoms with Gasteiger partial charge in [-0.1, -0.05) is 18.2 Å². The standard InChI is InChI=1S/C19H22N2O4/c1-12-16(14-4-2-3-5-15(14)20-12)17(22)18(23)21-8-6-13(7-9-21)19-24-10-11-25-19/h2-5,13,19-20H,6-11H2,1H3. The maximum atomic E-state index is 12.8. The summed E-state index contributed by atoms with van der Waals surface area (Å²) in [6.45, 7) is 4.26. The van der Waals surface area contributed by atoms with E-state index >= 15 is 0 Å². The molecule has 0 saturated carbocycles. The van der Waals surface area contributed by atoms with Crippen LogP contribution in [0.3, 0.4) is 0 Å². The largest absolute Gasteiger partial charge is 0.358 e. The van der Waals surface area contributed by atoms with Gasteiger partial charge in [-0.15, -0.1) is 0 Å². The third kappa shape index (κ3) is 2.96. The van der Waals surface area contributed by atoms with E-state index in [2.05, 4.69) is 4.98 Å². The van der Waals surface area contributed by atoms with Crippen LogP contribution in [0.5, 0.6) is 0 Å². The van der Waals surface area contributed by atoms with Crippen molar-refractivity contribution >= 4 is 22.6 Å². The van der Waals surface area contributed by atoms with Crippen molar-refractivity contribution in [1.82, 2.24) is 9.88 Å². The number of carbonyl (C=O) groups excluding carboxylic acids is 2. The van der Waals surface area contributed by atoms with Crippen LogP contribution in [0.15, 0.2) is 24.3 Å². The molecule has 0 unspecified atom stereocenters. The Morgan fingerprint density at radius 2 is 1.80 bits per heavy atom. The van der Waals surface area contributed by atoms with E-state index in [1.165, 1.54) is 0 Å². The minimum Gasteiger partial charge on any atom is -0.358 e. The predicted molar refractivity (Wildman–Crippen MR) is 92.4 cm³/mol. The van der Waals surface area contributed by atoms with Crippen molar-refractivity contribution < 1.29 is 19.1 Å². The second-order valence-corrected chi connectivity index (χ2v) is 6.74. The number of H-pyrrole nitrogens is 1. The zero-order chi connectivity index (χ0) is 17.4. The minimum absolute atomic E-state index is 0.149. The Morgan fingerprint density at radius 1 is 1.12 bits per heavy atom. The molecule has 1 aromatic heterocycles. The summed E-state index contributed by atoms with van der Waals surface area (Å²) in [5.74, 6) is -0.544. The summed E-state index contributed by atoms with van der Waals surface area (Å²) in [7, 11) is 0. The molecule has 1 N–H and O–H groups in total. The molecule has 25 heavy (non-hydrogen) atoms. The normalized spacial score (nSPS) is 19.6. The molecule has 3 heterocycles. The molecule has 0 bridgehead atoms. The highest BCUT2D eigenvalue weighted by molar-refractivity contribution is 6.45. The Balaban J connectivity index is 1.47. The van der Waals surface area contributed by atoms with E-state index in [1.54, 1.807) is 4.90 Å². The number of amides is 1. The molecule has 2 fully saturated rings. The number of nitrogens with one attached hydrogen (secondary N) is 1. The van der Waals surface area contributed by atoms with E-state index in [-0.39, 0.29) is 6.29 Å². The third-order valence-electron chi connectivity index (χ3n) is 5.17. The number of fused-ring (bicyclic) bond motifs is 1. The number of aromatic nitrogens is 1. The average molecular weight is 342 g/mol. The monoisotopic (exact) mass is 342 g/mol. The number of ketones is 1. The first-order valence-electron chi connectivity index (χ1n) is 8.79. The van der Waals surface area contributed by atoms with Crippen LogP contribution >= 0.6 is 0 Å². The Labute approximate surface area is 146 Å². The summed E-state index contributed by atoms with van der Waals surface area (Å²) in [6.07, 6.45) is 1.46. The molecule has 1 amide bonds. The van der Waals surface area contributed by atoms with Gasteiger partial charge in [0.1, 0.15) is 0 Å². The number of para-hydroxylation sites is 1. The number of likely N-dealkylation sites (tertiary alicyclic amines) is 1. The van der Waals surface area contributed by atoms with Crippen molar-refractivity contribution in [2.75, 3.05) is 26.3 Å². The van der Waals surface area contributed by atoms with E-state index in [0.717, 1.165) is 29.4 Å². The molecule has 2 saturated heterocycles. The minimum atomic E-state index is -0.429. The summed E-state index contributed by atoms with van der Waals surface area (Å²) in [5.41, 5.74) is 2.11. The molecule has 2 aliphatic rings. The molecular formula is C19H22N2O4. The Kier molecular flexibility index (Phi) is 4.31. The molecule has 6 heteroatoms. The van der Waals surface area contributed by atoms with Crippen LogP contribution in [0.4, 0.5) is 0 Å². The van der Waals surface area contributed by atoms with Gasteiger partial charge in [0.25, 0.3) is 11.7 Å². The van der Waals surface area contributed by atoms with Gasteiger partial charge in [-0.05, 0) is 25.8 Å². The summed E-state index contributed by atoms with van der Waals surface area (Å²) >= 11 is 0. The van der Waals surface area contributed by atoms with Gasteiger partial charge in [-0.2, -0.15) is 0 Å². The van der Waals surface area contributed by atoms with Crippen molar-refractivity contribution in [3.63, 3.8) is 0 Å². The van der Waals surface area contributed by atoms with Crippen LogP contribution in [0.1, 0.15) is 28.9 Å². The van der Waals surface area contributed by atoms with E-state index in [0.29, 0.717) is 37.8 Å². The van der Waals surface area contributed by atoms with Crippen molar-refractivity contribution in [3.8, 4) is 0 Å². The summed E-state index contributed by atoms with van der Waals surface area (Å²) in [6, 6.07) is 7.58. The molecular weight excluding hydrogens is 320 g/mol. The van der Waals surface area contributed by atoms with Crippen LogP contribution in [-0.2, 0) is 14.3 Å². The Morgan fingerprint density at radius 3 is 2.52 bits per heavy atom. The lowest BCUT2D eigenvalue weighted by Crippen LogP contribution is -2.44. The number of Topliss-reactive ketones (excluding diaryl/α,β-unsaturated/α-hetero) is 1. The van der Waals surface area contributed by atoms with Crippen LogP contribution in [0, 0.1) is 12.8 Å². The number of nitrogens with zero attached hydrogens (tertiary/aromatic N) is 1. The number of carbonyl (C=O) groups is 2. The van der Waals surface area contributed by atoms with Gasteiger partial charge < -0.3 is 19.4 Å². The molecule has 6 nitrogen and oxygen atoms in total. The number of rotatable bonds is 3. The topological polar surface area (TPSA) is 71.6 Å². The number of aromatic amines is 1.